The minimum Gasteiger partial charge on any atom is -0.309 e. The minimum absolute atomic E-state index is 0.0852. The molecule has 2 aromatic rings. The fourth-order valence-electron chi connectivity index (χ4n) is 3.61. The van der Waals surface area contributed by atoms with Crippen LogP contribution in [0.5, 0.6) is 0 Å². The van der Waals surface area contributed by atoms with Gasteiger partial charge in [-0.15, -0.1) is 11.8 Å². The number of rotatable bonds is 2. The summed E-state index contributed by atoms with van der Waals surface area (Å²) in [6, 6.07) is 12.9. The van der Waals surface area contributed by atoms with Gasteiger partial charge < -0.3 is 10.2 Å². The van der Waals surface area contributed by atoms with Crippen LogP contribution in [0.3, 0.4) is 0 Å². The Kier molecular flexibility index (Phi) is 4.11. The smallest absolute Gasteiger partial charge is 0.309 e. The summed E-state index contributed by atoms with van der Waals surface area (Å²) in [6.45, 7) is 2.94. The molecular formula is C19H18FN3O2S. The number of benzene rings is 2. The highest BCUT2D eigenvalue weighted by atomic mass is 32.2. The molecular weight excluding hydrogens is 353 g/mol. The Labute approximate surface area is 155 Å². The molecule has 0 radical (unpaired) electrons. The molecule has 134 valence electrons. The highest BCUT2D eigenvalue weighted by molar-refractivity contribution is 8.01. The number of amides is 3. The first kappa shape index (κ1) is 16.9. The van der Waals surface area contributed by atoms with Crippen LogP contribution >= 0.6 is 11.8 Å². The van der Waals surface area contributed by atoms with Crippen LogP contribution in [0.25, 0.3) is 0 Å². The SMILES string of the molecule is CCN1C(=O)[C@]2(SCCN2C(=O)Nc2ccc(F)cc2)c2ccccc21. The van der Waals surface area contributed by atoms with Gasteiger partial charge in [0.15, 0.2) is 4.87 Å². The first-order chi connectivity index (χ1) is 12.6. The Bertz CT molecular complexity index is 873. The standard InChI is InChI=1S/C19H18FN3O2S/c1-2-22-16-6-4-3-5-15(16)19(17(22)24)23(11-12-26-19)18(25)21-14-9-7-13(20)8-10-14/h3-10H,2,11-12H2,1H3,(H,21,25)/t19-/m1/s1. The fourth-order valence-corrected chi connectivity index (χ4v) is 5.07. The van der Waals surface area contributed by atoms with Gasteiger partial charge in [0.25, 0.3) is 5.91 Å². The van der Waals surface area contributed by atoms with Crippen LogP contribution in [0.2, 0.25) is 0 Å². The van der Waals surface area contributed by atoms with Crippen molar-refractivity contribution < 1.29 is 14.0 Å². The normalized spacial score (nSPS) is 21.4. The number of carbonyl (C=O) groups is 2. The number of likely N-dealkylation sites (N-methyl/N-ethyl adjacent to an activating group) is 1. The molecule has 0 aliphatic carbocycles. The van der Waals surface area contributed by atoms with Crippen LogP contribution in [0.4, 0.5) is 20.6 Å². The van der Waals surface area contributed by atoms with Gasteiger partial charge in [-0.3, -0.25) is 9.69 Å². The zero-order chi connectivity index (χ0) is 18.3. The number of para-hydroxylation sites is 1. The average Bonchev–Trinajstić information content (AvgIpc) is 3.19. The lowest BCUT2D eigenvalue weighted by Crippen LogP contribution is -2.51. The van der Waals surface area contributed by atoms with E-state index in [-0.39, 0.29) is 17.8 Å². The molecule has 0 bridgehead atoms. The van der Waals surface area contributed by atoms with Crippen molar-refractivity contribution in [1.29, 1.82) is 0 Å². The molecule has 2 aliphatic rings. The number of hydrogen-bond acceptors (Lipinski definition) is 3. The largest absolute Gasteiger partial charge is 0.323 e. The molecule has 2 aromatic carbocycles. The van der Waals surface area contributed by atoms with E-state index in [4.69, 9.17) is 0 Å². The highest BCUT2D eigenvalue weighted by Gasteiger charge is 2.59. The third-order valence-electron chi connectivity index (χ3n) is 4.76. The van der Waals surface area contributed by atoms with Crippen molar-refractivity contribution in [3.8, 4) is 0 Å². The number of halogens is 1. The molecule has 1 atom stereocenters. The number of nitrogens with one attached hydrogen (secondary N) is 1. The van der Waals surface area contributed by atoms with Crippen LogP contribution in [-0.2, 0) is 9.67 Å². The van der Waals surface area contributed by atoms with Gasteiger partial charge in [-0.1, -0.05) is 18.2 Å². The van der Waals surface area contributed by atoms with E-state index in [0.717, 1.165) is 11.3 Å². The Morgan fingerprint density at radius 2 is 1.96 bits per heavy atom. The van der Waals surface area contributed by atoms with E-state index in [2.05, 4.69) is 5.32 Å². The number of carbonyl (C=O) groups excluding carboxylic acids is 2. The molecule has 0 saturated carbocycles. The Morgan fingerprint density at radius 1 is 1.23 bits per heavy atom. The number of urea groups is 1. The molecule has 5 nitrogen and oxygen atoms in total. The topological polar surface area (TPSA) is 52.7 Å². The summed E-state index contributed by atoms with van der Waals surface area (Å²) in [5.74, 6) is 0.224. The zero-order valence-electron chi connectivity index (χ0n) is 14.2. The number of anilines is 2. The molecule has 0 aromatic heterocycles. The second-order valence-corrected chi connectivity index (χ2v) is 7.44. The lowest BCUT2D eigenvalue weighted by Gasteiger charge is -2.33. The predicted molar refractivity (Wildman–Crippen MR) is 101 cm³/mol. The van der Waals surface area contributed by atoms with Gasteiger partial charge in [-0.05, 0) is 37.3 Å². The number of fused-ring (bicyclic) bond motifs is 2. The lowest BCUT2D eigenvalue weighted by atomic mass is 10.1. The molecule has 1 spiro atoms. The van der Waals surface area contributed by atoms with Crippen molar-refractivity contribution in [2.24, 2.45) is 0 Å². The third kappa shape index (κ3) is 2.38. The van der Waals surface area contributed by atoms with Gasteiger partial charge in [0, 0.05) is 30.1 Å². The number of nitrogens with zero attached hydrogens (tertiary/aromatic N) is 2. The Morgan fingerprint density at radius 3 is 2.69 bits per heavy atom. The van der Waals surface area contributed by atoms with E-state index in [1.165, 1.54) is 36.0 Å². The summed E-state index contributed by atoms with van der Waals surface area (Å²) in [5, 5.41) is 2.78. The number of hydrogen-bond donors (Lipinski definition) is 1. The third-order valence-corrected chi connectivity index (χ3v) is 6.18. The van der Waals surface area contributed by atoms with Crippen molar-refractivity contribution in [3.05, 3.63) is 59.9 Å². The van der Waals surface area contributed by atoms with Gasteiger partial charge in [0.2, 0.25) is 0 Å². The molecule has 2 heterocycles. The van der Waals surface area contributed by atoms with Crippen molar-refractivity contribution in [2.45, 2.75) is 11.8 Å². The maximum Gasteiger partial charge on any atom is 0.323 e. The Hall–Kier alpha value is -2.54. The van der Waals surface area contributed by atoms with E-state index < -0.39 is 4.87 Å². The quantitative estimate of drug-likeness (QED) is 0.877. The van der Waals surface area contributed by atoms with Crippen LogP contribution in [0.15, 0.2) is 48.5 Å². The van der Waals surface area contributed by atoms with Gasteiger partial charge in [0.05, 0.1) is 5.69 Å². The molecule has 4 rings (SSSR count). The Balaban J connectivity index is 1.70. The average molecular weight is 371 g/mol. The van der Waals surface area contributed by atoms with E-state index in [0.29, 0.717) is 24.5 Å². The maximum absolute atomic E-state index is 13.3. The lowest BCUT2D eigenvalue weighted by molar-refractivity contribution is -0.123. The molecule has 7 heteroatoms. The van der Waals surface area contributed by atoms with Crippen molar-refractivity contribution in [2.75, 3.05) is 29.1 Å². The molecule has 0 unspecified atom stereocenters. The van der Waals surface area contributed by atoms with Crippen LogP contribution in [-0.4, -0.2) is 35.7 Å². The molecule has 1 N–H and O–H groups in total. The zero-order valence-corrected chi connectivity index (χ0v) is 15.1. The van der Waals surface area contributed by atoms with Crippen molar-refractivity contribution in [3.63, 3.8) is 0 Å². The van der Waals surface area contributed by atoms with E-state index >= 15 is 0 Å². The van der Waals surface area contributed by atoms with Gasteiger partial charge in [-0.25, -0.2) is 9.18 Å². The van der Waals surface area contributed by atoms with E-state index in [9.17, 15) is 14.0 Å². The summed E-state index contributed by atoms with van der Waals surface area (Å²) in [5.41, 5.74) is 2.20. The minimum atomic E-state index is -1.03. The van der Waals surface area contributed by atoms with Crippen LogP contribution in [0.1, 0.15) is 12.5 Å². The predicted octanol–water partition coefficient (Wildman–Crippen LogP) is 3.63. The second-order valence-electron chi connectivity index (χ2n) is 6.15. The van der Waals surface area contributed by atoms with Gasteiger partial charge >= 0.3 is 6.03 Å². The summed E-state index contributed by atoms with van der Waals surface area (Å²) < 4.78 is 13.1. The summed E-state index contributed by atoms with van der Waals surface area (Å²) in [4.78, 5) is 28.5. The van der Waals surface area contributed by atoms with Crippen molar-refractivity contribution >= 4 is 35.1 Å². The van der Waals surface area contributed by atoms with Gasteiger partial charge in [-0.2, -0.15) is 0 Å². The van der Waals surface area contributed by atoms with Gasteiger partial charge in [0.1, 0.15) is 5.82 Å². The van der Waals surface area contributed by atoms with Crippen LogP contribution in [0, 0.1) is 5.82 Å². The molecule has 1 fully saturated rings. The highest BCUT2D eigenvalue weighted by Crippen LogP contribution is 2.53. The molecule has 2 aliphatic heterocycles. The molecule has 3 amide bonds. The molecule has 26 heavy (non-hydrogen) atoms. The van der Waals surface area contributed by atoms with E-state index in [1.54, 1.807) is 9.80 Å². The van der Waals surface area contributed by atoms with Crippen LogP contribution < -0.4 is 10.2 Å². The monoisotopic (exact) mass is 371 g/mol. The summed E-state index contributed by atoms with van der Waals surface area (Å²) in [6.07, 6.45) is 0. The maximum atomic E-state index is 13.3. The molecule has 1 saturated heterocycles. The summed E-state index contributed by atoms with van der Waals surface area (Å²) >= 11 is 1.49. The first-order valence-corrected chi connectivity index (χ1v) is 9.46. The number of thioether (sulfide) groups is 1. The van der Waals surface area contributed by atoms with E-state index in [1.807, 2.05) is 31.2 Å². The van der Waals surface area contributed by atoms with Crippen molar-refractivity contribution in [1.82, 2.24) is 4.90 Å². The first-order valence-electron chi connectivity index (χ1n) is 8.47. The summed E-state index contributed by atoms with van der Waals surface area (Å²) in [7, 11) is 0. The fraction of sp³-hybridized carbons (Fsp3) is 0.263. The second kappa shape index (κ2) is 6.32.